The van der Waals surface area contributed by atoms with Crippen LogP contribution in [0.2, 0.25) is 0 Å². The summed E-state index contributed by atoms with van der Waals surface area (Å²) >= 11 is 1.91. The summed E-state index contributed by atoms with van der Waals surface area (Å²) in [7, 11) is 0. The third-order valence-corrected chi connectivity index (χ3v) is 5.27. The number of likely N-dealkylation sites (tertiary alicyclic amines) is 1. The number of piperidine rings is 1. The summed E-state index contributed by atoms with van der Waals surface area (Å²) in [4.78, 5) is 4.23. The Bertz CT molecular complexity index is 350. The smallest absolute Gasteiger partial charge is 0.0439 e. The van der Waals surface area contributed by atoms with Gasteiger partial charge in [-0.05, 0) is 43.2 Å². The first-order valence-corrected chi connectivity index (χ1v) is 8.65. The average molecular weight is 280 g/mol. The molecule has 2 rings (SSSR count). The van der Waals surface area contributed by atoms with Gasteiger partial charge in [-0.1, -0.05) is 26.8 Å². The van der Waals surface area contributed by atoms with E-state index >= 15 is 0 Å². The topological polar surface area (TPSA) is 15.3 Å². The van der Waals surface area contributed by atoms with Crippen LogP contribution in [-0.4, -0.2) is 30.6 Å². The van der Waals surface area contributed by atoms with Crippen LogP contribution in [0.4, 0.5) is 0 Å². The predicted molar refractivity (Wildman–Crippen MR) is 84.8 cm³/mol. The molecule has 0 aromatic carbocycles. The number of thiophene rings is 1. The van der Waals surface area contributed by atoms with Gasteiger partial charge >= 0.3 is 0 Å². The molecule has 0 saturated carbocycles. The van der Waals surface area contributed by atoms with E-state index in [9.17, 15) is 0 Å². The summed E-state index contributed by atoms with van der Waals surface area (Å²) in [5.74, 6) is 0.759. The molecule has 3 unspecified atom stereocenters. The first-order valence-electron chi connectivity index (χ1n) is 7.77. The van der Waals surface area contributed by atoms with E-state index in [1.807, 2.05) is 11.3 Å². The molecule has 0 radical (unpaired) electrons. The molecule has 2 nitrogen and oxygen atoms in total. The monoisotopic (exact) mass is 280 g/mol. The van der Waals surface area contributed by atoms with Crippen LogP contribution in [0.1, 0.15) is 51.0 Å². The second-order valence-corrected chi connectivity index (χ2v) is 6.74. The van der Waals surface area contributed by atoms with E-state index in [-0.39, 0.29) is 0 Å². The molecule has 1 fully saturated rings. The fourth-order valence-electron chi connectivity index (χ4n) is 3.21. The molecule has 1 aromatic heterocycles. The van der Waals surface area contributed by atoms with Crippen molar-refractivity contribution in [3.63, 3.8) is 0 Å². The molecule has 0 amide bonds. The van der Waals surface area contributed by atoms with Gasteiger partial charge in [0.15, 0.2) is 0 Å². The minimum absolute atomic E-state index is 0.634. The van der Waals surface area contributed by atoms with E-state index < -0.39 is 0 Å². The van der Waals surface area contributed by atoms with Gasteiger partial charge in [-0.15, -0.1) is 11.3 Å². The summed E-state index contributed by atoms with van der Waals surface area (Å²) in [6.45, 7) is 10.6. The molecule has 1 aliphatic rings. The quantitative estimate of drug-likeness (QED) is 0.850. The van der Waals surface area contributed by atoms with Gasteiger partial charge in [0, 0.05) is 30.1 Å². The van der Waals surface area contributed by atoms with Gasteiger partial charge in [-0.25, -0.2) is 0 Å². The fraction of sp³-hybridized carbons (Fsp3) is 0.750. The van der Waals surface area contributed by atoms with Crippen molar-refractivity contribution >= 4 is 11.3 Å². The molecular weight excluding hydrogens is 252 g/mol. The van der Waals surface area contributed by atoms with E-state index in [1.165, 1.54) is 37.2 Å². The van der Waals surface area contributed by atoms with E-state index in [1.54, 1.807) is 0 Å². The van der Waals surface area contributed by atoms with Crippen molar-refractivity contribution < 1.29 is 0 Å². The zero-order valence-electron chi connectivity index (χ0n) is 12.6. The lowest BCUT2D eigenvalue weighted by Gasteiger charge is -2.41. The summed E-state index contributed by atoms with van der Waals surface area (Å²) in [6, 6.07) is 5.83. The highest BCUT2D eigenvalue weighted by atomic mass is 32.1. The Morgan fingerprint density at radius 2 is 2.32 bits per heavy atom. The minimum Gasteiger partial charge on any atom is -0.314 e. The maximum absolute atomic E-state index is 3.71. The van der Waals surface area contributed by atoms with Gasteiger partial charge in [0.05, 0.1) is 0 Å². The highest BCUT2D eigenvalue weighted by molar-refractivity contribution is 7.10. The van der Waals surface area contributed by atoms with Crippen molar-refractivity contribution in [3.05, 3.63) is 22.4 Å². The Hall–Kier alpha value is -0.380. The number of rotatable bonds is 6. The Balaban J connectivity index is 1.93. The van der Waals surface area contributed by atoms with Gasteiger partial charge in [0.1, 0.15) is 0 Å². The van der Waals surface area contributed by atoms with Crippen molar-refractivity contribution in [2.24, 2.45) is 5.92 Å². The summed E-state index contributed by atoms with van der Waals surface area (Å²) in [5, 5.41) is 5.91. The molecule has 0 bridgehead atoms. The van der Waals surface area contributed by atoms with Gasteiger partial charge in [0.2, 0.25) is 0 Å². The van der Waals surface area contributed by atoms with Crippen LogP contribution in [0.15, 0.2) is 17.5 Å². The van der Waals surface area contributed by atoms with Crippen LogP contribution in [0, 0.1) is 5.92 Å². The van der Waals surface area contributed by atoms with Crippen LogP contribution in [0.5, 0.6) is 0 Å². The maximum atomic E-state index is 3.71. The van der Waals surface area contributed by atoms with Gasteiger partial charge in [-0.2, -0.15) is 0 Å². The van der Waals surface area contributed by atoms with Crippen molar-refractivity contribution in [2.45, 2.75) is 52.1 Å². The second kappa shape index (κ2) is 7.41. The maximum Gasteiger partial charge on any atom is 0.0439 e. The lowest BCUT2D eigenvalue weighted by Crippen LogP contribution is -2.49. The third-order valence-electron chi connectivity index (χ3n) is 4.29. The molecule has 0 spiro atoms. The van der Waals surface area contributed by atoms with Crippen molar-refractivity contribution in [2.75, 3.05) is 19.6 Å². The van der Waals surface area contributed by atoms with E-state index in [0.29, 0.717) is 6.04 Å². The predicted octanol–water partition coefficient (Wildman–Crippen LogP) is 3.91. The van der Waals surface area contributed by atoms with E-state index in [4.69, 9.17) is 0 Å². The van der Waals surface area contributed by atoms with E-state index in [2.05, 4.69) is 48.5 Å². The van der Waals surface area contributed by atoms with E-state index in [0.717, 1.165) is 18.5 Å². The Morgan fingerprint density at radius 3 is 2.89 bits per heavy atom. The number of nitrogens with one attached hydrogen (secondary N) is 1. The molecule has 1 aliphatic heterocycles. The van der Waals surface area contributed by atoms with Crippen LogP contribution in [0.25, 0.3) is 0 Å². The highest BCUT2D eigenvalue weighted by Crippen LogP contribution is 2.31. The fourth-order valence-corrected chi connectivity index (χ4v) is 4.16. The number of nitrogens with zero attached hydrogens (tertiary/aromatic N) is 1. The first-order chi connectivity index (χ1) is 9.26. The van der Waals surface area contributed by atoms with Gasteiger partial charge in [-0.3, -0.25) is 4.90 Å². The first kappa shape index (κ1) is 15.0. The van der Waals surface area contributed by atoms with Gasteiger partial charge in [0.25, 0.3) is 0 Å². The van der Waals surface area contributed by atoms with Crippen LogP contribution < -0.4 is 5.32 Å². The zero-order chi connectivity index (χ0) is 13.7. The number of hydrogen-bond acceptors (Lipinski definition) is 3. The molecule has 108 valence electrons. The highest BCUT2D eigenvalue weighted by Gasteiger charge is 2.29. The average Bonchev–Trinajstić information content (AvgIpc) is 2.92. The molecule has 19 heavy (non-hydrogen) atoms. The Labute approximate surface area is 122 Å². The minimum atomic E-state index is 0.634. The number of hydrogen-bond donors (Lipinski definition) is 1. The standard InChI is InChI=1S/C16H28N2S/c1-4-9-17-14-8-10-18(12-13(14)3)15(5-2)16-7-6-11-19-16/h6-7,11,13-15,17H,4-5,8-10,12H2,1-3H3. The molecule has 0 aliphatic carbocycles. The Morgan fingerprint density at radius 1 is 1.47 bits per heavy atom. The molecule has 3 atom stereocenters. The molecule has 1 N–H and O–H groups in total. The Kier molecular flexibility index (Phi) is 5.86. The van der Waals surface area contributed by atoms with Crippen molar-refractivity contribution in [1.29, 1.82) is 0 Å². The summed E-state index contributed by atoms with van der Waals surface area (Å²) < 4.78 is 0. The molecule has 2 heterocycles. The molecular formula is C16H28N2S. The largest absolute Gasteiger partial charge is 0.314 e. The third kappa shape index (κ3) is 3.80. The van der Waals surface area contributed by atoms with Crippen molar-refractivity contribution in [3.8, 4) is 0 Å². The van der Waals surface area contributed by atoms with Crippen LogP contribution in [0.3, 0.4) is 0 Å². The van der Waals surface area contributed by atoms with Crippen molar-refractivity contribution in [1.82, 2.24) is 10.2 Å². The van der Waals surface area contributed by atoms with Crippen LogP contribution >= 0.6 is 11.3 Å². The van der Waals surface area contributed by atoms with Crippen LogP contribution in [-0.2, 0) is 0 Å². The molecule has 3 heteroatoms. The lowest BCUT2D eigenvalue weighted by atomic mass is 9.92. The summed E-state index contributed by atoms with van der Waals surface area (Å²) in [5.41, 5.74) is 0. The lowest BCUT2D eigenvalue weighted by molar-refractivity contribution is 0.103. The molecule has 1 aromatic rings. The molecule has 1 saturated heterocycles. The van der Waals surface area contributed by atoms with Gasteiger partial charge < -0.3 is 5.32 Å². The second-order valence-electron chi connectivity index (χ2n) is 5.76. The zero-order valence-corrected chi connectivity index (χ0v) is 13.4. The SMILES string of the molecule is CCCNC1CCN(C(CC)c2cccs2)CC1C. The normalized spacial score (nSPS) is 26.5. The summed E-state index contributed by atoms with van der Waals surface area (Å²) in [6.07, 6.45) is 3.75.